The summed E-state index contributed by atoms with van der Waals surface area (Å²) in [6, 6.07) is 8.97. The predicted molar refractivity (Wildman–Crippen MR) is 95.2 cm³/mol. The lowest BCUT2D eigenvalue weighted by Crippen LogP contribution is -2.42. The Hall–Kier alpha value is -1.59. The highest BCUT2D eigenvalue weighted by atomic mass is 32.1. The zero-order chi connectivity index (χ0) is 16.4. The number of ether oxygens (including phenoxy) is 1. The molecule has 1 N–H and O–H groups in total. The van der Waals surface area contributed by atoms with E-state index in [2.05, 4.69) is 23.7 Å². The van der Waals surface area contributed by atoms with Gasteiger partial charge in [0.05, 0.1) is 12.8 Å². The van der Waals surface area contributed by atoms with Gasteiger partial charge in [-0.3, -0.25) is 9.69 Å². The third-order valence-electron chi connectivity index (χ3n) is 4.80. The number of piperidine rings is 1. The Morgan fingerprint density at radius 2 is 1.96 bits per heavy atom. The average Bonchev–Trinajstić information content (AvgIpc) is 2.91. The molecule has 23 heavy (non-hydrogen) atoms. The summed E-state index contributed by atoms with van der Waals surface area (Å²) in [6.07, 6.45) is 3.75. The molecule has 1 aromatic carbocycles. The zero-order valence-corrected chi connectivity index (χ0v) is 14.8. The van der Waals surface area contributed by atoms with Gasteiger partial charge in [0.1, 0.15) is 5.75 Å². The van der Waals surface area contributed by atoms with Crippen LogP contribution in [-0.4, -0.2) is 29.1 Å². The molecule has 2 aromatic rings. The van der Waals surface area contributed by atoms with Crippen LogP contribution in [-0.2, 0) is 6.54 Å². The maximum Gasteiger partial charge on any atom is 0.305 e. The molecule has 1 aliphatic rings. The van der Waals surface area contributed by atoms with E-state index in [0.29, 0.717) is 12.1 Å². The molecule has 0 bridgehead atoms. The predicted octanol–water partition coefficient (Wildman–Crippen LogP) is 3.87. The second kappa shape index (κ2) is 6.89. The van der Waals surface area contributed by atoms with E-state index < -0.39 is 0 Å². The standard InChI is InChI=1S/C18H24N2O2S/c1-12-7-6-8-13(2)20(12)11-16-17(19-18(21)23-16)14-9-4-5-10-15(14)22-3/h4-5,9-10,12-13H,6-8,11H2,1-3H3,(H,19,21). The quantitative estimate of drug-likeness (QED) is 0.924. The first kappa shape index (κ1) is 16.3. The van der Waals surface area contributed by atoms with Crippen LogP contribution in [0.15, 0.2) is 29.1 Å². The number of aromatic nitrogens is 1. The summed E-state index contributed by atoms with van der Waals surface area (Å²) in [5.74, 6) is 0.794. The molecule has 5 heteroatoms. The first-order valence-electron chi connectivity index (χ1n) is 8.21. The van der Waals surface area contributed by atoms with Crippen molar-refractivity contribution in [1.82, 2.24) is 9.88 Å². The molecule has 2 unspecified atom stereocenters. The lowest BCUT2D eigenvalue weighted by Gasteiger charge is -2.38. The second-order valence-corrected chi connectivity index (χ2v) is 7.38. The van der Waals surface area contributed by atoms with Crippen LogP contribution in [0.5, 0.6) is 5.75 Å². The van der Waals surface area contributed by atoms with E-state index in [0.717, 1.165) is 28.4 Å². The number of methoxy groups -OCH3 is 1. The Morgan fingerprint density at radius 1 is 1.26 bits per heavy atom. The lowest BCUT2D eigenvalue weighted by atomic mass is 9.97. The van der Waals surface area contributed by atoms with Gasteiger partial charge in [0.2, 0.25) is 0 Å². The monoisotopic (exact) mass is 332 g/mol. The van der Waals surface area contributed by atoms with Crippen molar-refractivity contribution >= 4 is 11.3 Å². The summed E-state index contributed by atoms with van der Waals surface area (Å²) < 4.78 is 5.47. The highest BCUT2D eigenvalue weighted by Crippen LogP contribution is 2.34. The molecule has 0 amide bonds. The average molecular weight is 332 g/mol. The Balaban J connectivity index is 1.96. The third kappa shape index (κ3) is 3.35. The molecule has 1 fully saturated rings. The Kier molecular flexibility index (Phi) is 4.87. The smallest absolute Gasteiger partial charge is 0.305 e. The molecule has 124 valence electrons. The maximum absolute atomic E-state index is 12.0. The van der Waals surface area contributed by atoms with Crippen molar-refractivity contribution < 1.29 is 4.74 Å². The number of likely N-dealkylation sites (tertiary alicyclic amines) is 1. The highest BCUT2D eigenvalue weighted by molar-refractivity contribution is 7.09. The van der Waals surface area contributed by atoms with Crippen LogP contribution in [0.3, 0.4) is 0 Å². The van der Waals surface area contributed by atoms with E-state index in [1.807, 2.05) is 24.3 Å². The van der Waals surface area contributed by atoms with E-state index in [9.17, 15) is 4.79 Å². The van der Waals surface area contributed by atoms with Crippen LogP contribution in [0.4, 0.5) is 0 Å². The zero-order valence-electron chi connectivity index (χ0n) is 14.0. The van der Waals surface area contributed by atoms with Crippen LogP contribution < -0.4 is 9.61 Å². The number of rotatable bonds is 4. The normalized spacial score (nSPS) is 22.2. The van der Waals surface area contributed by atoms with Crippen LogP contribution >= 0.6 is 11.3 Å². The van der Waals surface area contributed by atoms with Gasteiger partial charge in [-0.25, -0.2) is 0 Å². The van der Waals surface area contributed by atoms with Crippen molar-refractivity contribution in [3.8, 4) is 17.0 Å². The summed E-state index contributed by atoms with van der Waals surface area (Å²) in [6.45, 7) is 5.39. The van der Waals surface area contributed by atoms with Crippen molar-refractivity contribution in [3.05, 3.63) is 38.8 Å². The van der Waals surface area contributed by atoms with Crippen molar-refractivity contribution in [2.45, 2.75) is 51.7 Å². The minimum atomic E-state index is -0.00165. The summed E-state index contributed by atoms with van der Waals surface area (Å²) in [4.78, 5) is 18.6. The Bertz CT molecular complexity index is 712. The van der Waals surface area contributed by atoms with Gasteiger partial charge in [-0.05, 0) is 38.8 Å². The highest BCUT2D eigenvalue weighted by Gasteiger charge is 2.26. The van der Waals surface area contributed by atoms with Crippen LogP contribution in [0.2, 0.25) is 0 Å². The van der Waals surface area contributed by atoms with E-state index >= 15 is 0 Å². The van der Waals surface area contributed by atoms with Crippen molar-refractivity contribution in [2.24, 2.45) is 0 Å². The molecule has 0 aliphatic carbocycles. The number of hydrogen-bond acceptors (Lipinski definition) is 4. The van der Waals surface area contributed by atoms with Gasteiger partial charge in [-0.15, -0.1) is 0 Å². The first-order valence-corrected chi connectivity index (χ1v) is 9.03. The molecule has 3 rings (SSSR count). The first-order chi connectivity index (χ1) is 11.1. The molecule has 1 aromatic heterocycles. The number of H-pyrrole nitrogens is 1. The van der Waals surface area contributed by atoms with Gasteiger partial charge in [0.15, 0.2) is 0 Å². The molecule has 2 atom stereocenters. The lowest BCUT2D eigenvalue weighted by molar-refractivity contribution is 0.0965. The van der Waals surface area contributed by atoms with Gasteiger partial charge < -0.3 is 9.72 Å². The van der Waals surface area contributed by atoms with Crippen molar-refractivity contribution in [3.63, 3.8) is 0 Å². The minimum absolute atomic E-state index is 0.00165. The summed E-state index contributed by atoms with van der Waals surface area (Å²) in [5.41, 5.74) is 1.86. The van der Waals surface area contributed by atoms with Gasteiger partial charge in [0, 0.05) is 29.1 Å². The fraction of sp³-hybridized carbons (Fsp3) is 0.500. The molecule has 4 nitrogen and oxygen atoms in total. The molecule has 0 spiro atoms. The summed E-state index contributed by atoms with van der Waals surface area (Å²) in [5, 5.41) is 0. The van der Waals surface area contributed by atoms with Crippen LogP contribution in [0.1, 0.15) is 38.0 Å². The van der Waals surface area contributed by atoms with Crippen molar-refractivity contribution in [1.29, 1.82) is 0 Å². The number of benzene rings is 1. The third-order valence-corrected chi connectivity index (χ3v) is 5.67. The fourth-order valence-electron chi connectivity index (χ4n) is 3.49. The van der Waals surface area contributed by atoms with E-state index in [-0.39, 0.29) is 4.87 Å². The number of thiazole rings is 1. The largest absolute Gasteiger partial charge is 0.496 e. The molecule has 1 aliphatic heterocycles. The molecule has 0 radical (unpaired) electrons. The van der Waals surface area contributed by atoms with Gasteiger partial charge in [-0.1, -0.05) is 29.9 Å². The van der Waals surface area contributed by atoms with Gasteiger partial charge >= 0.3 is 4.87 Å². The molecule has 1 saturated heterocycles. The van der Waals surface area contributed by atoms with Gasteiger partial charge in [0.25, 0.3) is 0 Å². The number of nitrogens with one attached hydrogen (secondary N) is 1. The Morgan fingerprint density at radius 3 is 2.65 bits per heavy atom. The molecular formula is C18H24N2O2S. The number of hydrogen-bond donors (Lipinski definition) is 1. The van der Waals surface area contributed by atoms with E-state index in [4.69, 9.17) is 4.74 Å². The summed E-state index contributed by atoms with van der Waals surface area (Å²) in [7, 11) is 1.66. The fourth-order valence-corrected chi connectivity index (χ4v) is 4.35. The minimum Gasteiger partial charge on any atom is -0.496 e. The van der Waals surface area contributed by atoms with Crippen LogP contribution in [0, 0.1) is 0 Å². The maximum atomic E-state index is 12.0. The molecule has 2 heterocycles. The number of para-hydroxylation sites is 1. The number of aromatic amines is 1. The van der Waals surface area contributed by atoms with E-state index in [1.165, 1.54) is 30.6 Å². The number of nitrogens with zero attached hydrogens (tertiary/aromatic N) is 1. The summed E-state index contributed by atoms with van der Waals surface area (Å²) >= 11 is 1.32. The van der Waals surface area contributed by atoms with E-state index in [1.54, 1.807) is 7.11 Å². The Labute approximate surface area is 141 Å². The molecule has 0 saturated carbocycles. The van der Waals surface area contributed by atoms with Crippen molar-refractivity contribution in [2.75, 3.05) is 7.11 Å². The second-order valence-electron chi connectivity index (χ2n) is 6.31. The topological polar surface area (TPSA) is 45.3 Å². The van der Waals surface area contributed by atoms with Crippen LogP contribution in [0.25, 0.3) is 11.3 Å². The van der Waals surface area contributed by atoms with Gasteiger partial charge in [-0.2, -0.15) is 0 Å². The molecular weight excluding hydrogens is 308 g/mol. The SMILES string of the molecule is COc1ccccc1-c1[nH]c(=O)sc1CN1C(C)CCCC1C.